The summed E-state index contributed by atoms with van der Waals surface area (Å²) in [5.41, 5.74) is 1.89. The van der Waals surface area contributed by atoms with E-state index in [4.69, 9.17) is 9.47 Å². The lowest BCUT2D eigenvalue weighted by molar-refractivity contribution is 0.0820. The molecule has 2 heterocycles. The van der Waals surface area contributed by atoms with Crippen LogP contribution in [0.4, 0.5) is 4.79 Å². The fourth-order valence-electron chi connectivity index (χ4n) is 4.45. The van der Waals surface area contributed by atoms with E-state index in [1.54, 1.807) is 7.11 Å². The molecule has 26 heavy (non-hydrogen) atoms. The Kier molecular flexibility index (Phi) is 4.10. The molecule has 1 aromatic carbocycles. The number of nitrogens with zero attached hydrogens (tertiary/aromatic N) is 1. The zero-order chi connectivity index (χ0) is 18.5. The van der Waals surface area contributed by atoms with Crippen LogP contribution >= 0.6 is 0 Å². The summed E-state index contributed by atoms with van der Waals surface area (Å²) in [6.07, 6.45) is 4.62. The Morgan fingerprint density at radius 3 is 3.00 bits per heavy atom. The molecular formula is C20H26N2O4. The molecule has 1 aliphatic carbocycles. The van der Waals surface area contributed by atoms with E-state index in [9.17, 15) is 9.90 Å². The van der Waals surface area contributed by atoms with Crippen molar-refractivity contribution in [3.05, 3.63) is 35.4 Å². The van der Waals surface area contributed by atoms with Gasteiger partial charge < -0.3 is 24.8 Å². The number of urea groups is 1. The van der Waals surface area contributed by atoms with Crippen molar-refractivity contribution in [3.8, 4) is 11.5 Å². The van der Waals surface area contributed by atoms with Crippen LogP contribution in [0.3, 0.4) is 0 Å². The molecule has 140 valence electrons. The van der Waals surface area contributed by atoms with E-state index in [1.165, 1.54) is 0 Å². The lowest BCUT2D eigenvalue weighted by Gasteiger charge is -2.35. The Morgan fingerprint density at radius 1 is 1.46 bits per heavy atom. The molecule has 6 nitrogen and oxygen atoms in total. The second kappa shape index (κ2) is 6.20. The molecular weight excluding hydrogens is 332 g/mol. The van der Waals surface area contributed by atoms with Crippen molar-refractivity contribution in [2.75, 3.05) is 13.7 Å². The molecule has 1 spiro atoms. The smallest absolute Gasteiger partial charge is 0.317 e. The van der Waals surface area contributed by atoms with Crippen molar-refractivity contribution in [2.24, 2.45) is 0 Å². The highest BCUT2D eigenvalue weighted by Gasteiger charge is 2.53. The van der Waals surface area contributed by atoms with E-state index in [0.717, 1.165) is 23.3 Å². The number of carbonyl (C=O) groups is 1. The Labute approximate surface area is 153 Å². The molecule has 0 saturated heterocycles. The zero-order valence-electron chi connectivity index (χ0n) is 15.5. The van der Waals surface area contributed by atoms with Crippen LogP contribution in [0, 0.1) is 0 Å². The second-order valence-corrected chi connectivity index (χ2v) is 7.72. The van der Waals surface area contributed by atoms with E-state index in [1.807, 2.05) is 37.0 Å². The number of hydrogen-bond acceptors (Lipinski definition) is 4. The molecule has 0 bridgehead atoms. The van der Waals surface area contributed by atoms with Crippen LogP contribution in [-0.2, 0) is 12.0 Å². The van der Waals surface area contributed by atoms with Crippen LogP contribution in [0.1, 0.15) is 37.8 Å². The fourth-order valence-corrected chi connectivity index (χ4v) is 4.45. The van der Waals surface area contributed by atoms with Gasteiger partial charge in [0.1, 0.15) is 6.10 Å². The molecule has 3 aliphatic rings. The van der Waals surface area contributed by atoms with Crippen molar-refractivity contribution in [1.82, 2.24) is 10.2 Å². The third-order valence-electron chi connectivity index (χ3n) is 5.66. The van der Waals surface area contributed by atoms with Gasteiger partial charge >= 0.3 is 6.03 Å². The fraction of sp³-hybridized carbons (Fsp3) is 0.550. The highest BCUT2D eigenvalue weighted by molar-refractivity contribution is 5.75. The predicted octanol–water partition coefficient (Wildman–Crippen LogP) is 2.34. The minimum absolute atomic E-state index is 0.0433. The van der Waals surface area contributed by atoms with Crippen LogP contribution in [0.5, 0.6) is 11.5 Å². The summed E-state index contributed by atoms with van der Waals surface area (Å²) in [4.78, 5) is 14.5. The van der Waals surface area contributed by atoms with Gasteiger partial charge in [0, 0.05) is 31.1 Å². The van der Waals surface area contributed by atoms with Gasteiger partial charge in [-0.15, -0.1) is 0 Å². The normalized spacial score (nSPS) is 28.9. The Bertz CT molecular complexity index is 760. The van der Waals surface area contributed by atoms with E-state index in [0.29, 0.717) is 25.3 Å². The predicted molar refractivity (Wildman–Crippen MR) is 97.5 cm³/mol. The van der Waals surface area contributed by atoms with Gasteiger partial charge in [-0.3, -0.25) is 0 Å². The van der Waals surface area contributed by atoms with Gasteiger partial charge in [-0.05, 0) is 31.9 Å². The minimum Gasteiger partial charge on any atom is -0.493 e. The Balaban J connectivity index is 1.79. The summed E-state index contributed by atoms with van der Waals surface area (Å²) in [6, 6.07) is 3.99. The lowest BCUT2D eigenvalue weighted by Crippen LogP contribution is -2.45. The topological polar surface area (TPSA) is 71.0 Å². The van der Waals surface area contributed by atoms with Crippen molar-refractivity contribution >= 4 is 6.03 Å². The van der Waals surface area contributed by atoms with Crippen molar-refractivity contribution in [2.45, 2.75) is 56.9 Å². The summed E-state index contributed by atoms with van der Waals surface area (Å²) >= 11 is 0. The molecule has 1 aromatic rings. The van der Waals surface area contributed by atoms with Gasteiger partial charge in [-0.1, -0.05) is 18.2 Å². The molecule has 0 unspecified atom stereocenters. The van der Waals surface area contributed by atoms with E-state index < -0.39 is 6.10 Å². The van der Waals surface area contributed by atoms with Crippen molar-refractivity contribution < 1.29 is 19.4 Å². The van der Waals surface area contributed by atoms with Crippen molar-refractivity contribution in [3.63, 3.8) is 0 Å². The highest BCUT2D eigenvalue weighted by Crippen LogP contribution is 2.55. The number of methoxy groups -OCH3 is 1. The molecule has 2 N–H and O–H groups in total. The van der Waals surface area contributed by atoms with Gasteiger partial charge in [0.2, 0.25) is 0 Å². The van der Waals surface area contributed by atoms with Crippen LogP contribution in [0.2, 0.25) is 0 Å². The SMILES string of the molecule is COc1ccc2c3c1O[C@@H]1C[C@H](O)C=C[C@]31CCN(C(=O)NC(C)C)C2. The molecule has 2 amide bonds. The quantitative estimate of drug-likeness (QED) is 0.796. The average Bonchev–Trinajstić information content (AvgIpc) is 2.82. The van der Waals surface area contributed by atoms with E-state index >= 15 is 0 Å². The first-order valence-electron chi connectivity index (χ1n) is 9.24. The third kappa shape index (κ3) is 2.55. The molecule has 6 heteroatoms. The van der Waals surface area contributed by atoms with Crippen LogP contribution in [-0.4, -0.2) is 47.9 Å². The van der Waals surface area contributed by atoms with Gasteiger partial charge in [-0.25, -0.2) is 4.79 Å². The van der Waals surface area contributed by atoms with Gasteiger partial charge in [0.05, 0.1) is 18.6 Å². The number of hydrogen-bond donors (Lipinski definition) is 2. The zero-order valence-corrected chi connectivity index (χ0v) is 15.5. The van der Waals surface area contributed by atoms with Crippen LogP contribution in [0.25, 0.3) is 0 Å². The van der Waals surface area contributed by atoms with E-state index in [-0.39, 0.29) is 23.6 Å². The van der Waals surface area contributed by atoms with Gasteiger partial charge in [0.25, 0.3) is 0 Å². The maximum Gasteiger partial charge on any atom is 0.317 e. The first kappa shape index (κ1) is 17.2. The van der Waals surface area contributed by atoms with Crippen LogP contribution < -0.4 is 14.8 Å². The summed E-state index contributed by atoms with van der Waals surface area (Å²) in [7, 11) is 1.64. The summed E-state index contributed by atoms with van der Waals surface area (Å²) < 4.78 is 11.8. The number of rotatable bonds is 2. The monoisotopic (exact) mass is 358 g/mol. The first-order valence-corrected chi connectivity index (χ1v) is 9.24. The second-order valence-electron chi connectivity index (χ2n) is 7.72. The van der Waals surface area contributed by atoms with Gasteiger partial charge in [0.15, 0.2) is 11.5 Å². The number of carbonyl (C=O) groups excluding carboxylic acids is 1. The average molecular weight is 358 g/mol. The number of aliphatic hydroxyl groups is 1. The highest BCUT2D eigenvalue weighted by atomic mass is 16.5. The number of ether oxygens (including phenoxy) is 2. The standard InChI is InChI=1S/C20H26N2O4/c1-12(2)21-19(24)22-9-8-20-7-6-14(23)10-16(20)26-18-15(25-3)5-4-13(11-22)17(18)20/h4-7,12,14,16,23H,8-11H2,1-3H3,(H,21,24)/t14-,16-,20-/m1/s1. The molecule has 2 aliphatic heterocycles. The Morgan fingerprint density at radius 2 is 2.27 bits per heavy atom. The summed E-state index contributed by atoms with van der Waals surface area (Å²) in [5, 5.41) is 13.1. The lowest BCUT2D eigenvalue weighted by atomic mass is 9.69. The number of benzene rings is 1. The summed E-state index contributed by atoms with van der Waals surface area (Å²) in [6.45, 7) is 5.10. The molecule has 0 radical (unpaired) electrons. The van der Waals surface area contributed by atoms with Crippen molar-refractivity contribution in [1.29, 1.82) is 0 Å². The molecule has 0 aromatic heterocycles. The number of aliphatic hydroxyl groups excluding tert-OH is 1. The molecule has 3 atom stereocenters. The van der Waals surface area contributed by atoms with Crippen LogP contribution in [0.15, 0.2) is 24.3 Å². The maximum atomic E-state index is 12.6. The maximum absolute atomic E-state index is 12.6. The van der Waals surface area contributed by atoms with Gasteiger partial charge in [-0.2, -0.15) is 0 Å². The largest absolute Gasteiger partial charge is 0.493 e. The molecule has 0 saturated carbocycles. The minimum atomic E-state index is -0.502. The Hall–Kier alpha value is -2.21. The van der Waals surface area contributed by atoms with E-state index in [2.05, 4.69) is 11.4 Å². The summed E-state index contributed by atoms with van der Waals surface area (Å²) in [5.74, 6) is 1.47. The molecule has 0 fully saturated rings. The first-order chi connectivity index (χ1) is 12.4. The number of amides is 2. The third-order valence-corrected chi connectivity index (χ3v) is 5.66. The molecule has 4 rings (SSSR count). The number of nitrogens with one attached hydrogen (secondary N) is 1.